The molecule has 0 radical (unpaired) electrons. The number of carbonyl (C=O) groups excluding carboxylic acids is 1. The van der Waals surface area contributed by atoms with Crippen molar-refractivity contribution in [2.45, 2.75) is 32.3 Å². The highest BCUT2D eigenvalue weighted by Crippen LogP contribution is 2.19. The van der Waals surface area contributed by atoms with Crippen LogP contribution in [0.3, 0.4) is 0 Å². The number of nitrogen functional groups attached to an aromatic ring is 1. The summed E-state index contributed by atoms with van der Waals surface area (Å²) < 4.78 is 0. The average Bonchev–Trinajstić information content (AvgIpc) is 2.69. The van der Waals surface area contributed by atoms with Crippen LogP contribution in [0.4, 0.5) is 5.69 Å². The smallest absolute Gasteiger partial charge is 0.276 e. The molecule has 2 rings (SSSR count). The molecule has 0 bridgehead atoms. The molecule has 1 aromatic rings. The van der Waals surface area contributed by atoms with Gasteiger partial charge in [-0.25, -0.2) is 0 Å². The van der Waals surface area contributed by atoms with E-state index in [1.54, 1.807) is 4.90 Å². The van der Waals surface area contributed by atoms with Gasteiger partial charge in [0.2, 0.25) is 0 Å². The van der Waals surface area contributed by atoms with Gasteiger partial charge in [0.05, 0.1) is 17.5 Å². The number of aryl methyl sites for hydroxylation is 1. The van der Waals surface area contributed by atoms with Gasteiger partial charge in [-0.3, -0.25) is 9.89 Å². The van der Waals surface area contributed by atoms with Crippen LogP contribution < -0.4 is 5.73 Å². The average molecular weight is 238 g/mol. The van der Waals surface area contributed by atoms with E-state index in [4.69, 9.17) is 5.73 Å². The molecule has 1 atom stereocenters. The summed E-state index contributed by atoms with van der Waals surface area (Å²) in [6.07, 6.45) is 1.85. The number of rotatable bonds is 2. The summed E-state index contributed by atoms with van der Waals surface area (Å²) in [5.41, 5.74) is 7.34. The van der Waals surface area contributed by atoms with E-state index in [1.165, 1.54) is 0 Å². The topological polar surface area (TPSA) is 95.2 Å². The summed E-state index contributed by atoms with van der Waals surface area (Å²) in [5, 5.41) is 16.3. The number of H-pyrrole nitrogens is 1. The van der Waals surface area contributed by atoms with Gasteiger partial charge in [-0.05, 0) is 19.3 Å². The van der Waals surface area contributed by atoms with Crippen LogP contribution >= 0.6 is 0 Å². The number of piperidine rings is 1. The van der Waals surface area contributed by atoms with Gasteiger partial charge in [-0.15, -0.1) is 0 Å². The Kier molecular flexibility index (Phi) is 3.33. The van der Waals surface area contributed by atoms with Crippen LogP contribution in [0.15, 0.2) is 0 Å². The molecule has 2 heterocycles. The van der Waals surface area contributed by atoms with Crippen LogP contribution in [0.5, 0.6) is 0 Å². The van der Waals surface area contributed by atoms with Crippen molar-refractivity contribution in [1.82, 2.24) is 15.1 Å². The maximum absolute atomic E-state index is 12.1. The highest BCUT2D eigenvalue weighted by molar-refractivity contribution is 5.97. The Morgan fingerprint density at radius 2 is 2.47 bits per heavy atom. The molecule has 0 saturated carbocycles. The van der Waals surface area contributed by atoms with Gasteiger partial charge in [0, 0.05) is 13.1 Å². The molecule has 94 valence electrons. The van der Waals surface area contributed by atoms with Crippen molar-refractivity contribution >= 4 is 11.6 Å². The maximum atomic E-state index is 12.1. The van der Waals surface area contributed by atoms with Gasteiger partial charge in [-0.2, -0.15) is 5.10 Å². The molecule has 0 aliphatic carbocycles. The van der Waals surface area contributed by atoms with Crippen LogP contribution in [-0.2, 0) is 6.42 Å². The van der Waals surface area contributed by atoms with E-state index < -0.39 is 6.10 Å². The minimum atomic E-state index is -0.432. The zero-order valence-electron chi connectivity index (χ0n) is 9.94. The molecule has 0 spiro atoms. The monoisotopic (exact) mass is 238 g/mol. The second-order valence-corrected chi connectivity index (χ2v) is 4.37. The Morgan fingerprint density at radius 1 is 1.71 bits per heavy atom. The molecule has 0 unspecified atom stereocenters. The van der Waals surface area contributed by atoms with E-state index in [1.807, 2.05) is 6.92 Å². The van der Waals surface area contributed by atoms with Gasteiger partial charge in [0.25, 0.3) is 5.91 Å². The number of nitrogens with two attached hydrogens (primary N) is 1. The lowest BCUT2D eigenvalue weighted by atomic mass is 10.1. The first kappa shape index (κ1) is 11.9. The van der Waals surface area contributed by atoms with Crippen LogP contribution in [0.2, 0.25) is 0 Å². The third kappa shape index (κ3) is 2.26. The Morgan fingerprint density at radius 3 is 3.06 bits per heavy atom. The lowest BCUT2D eigenvalue weighted by molar-refractivity contribution is 0.0470. The number of hydrogen-bond donors (Lipinski definition) is 3. The SMILES string of the molecule is CCc1[nH]nc(C(=O)N2CCC[C@H](O)C2)c1N. The second-order valence-electron chi connectivity index (χ2n) is 4.37. The first-order valence-electron chi connectivity index (χ1n) is 5.93. The van der Waals surface area contributed by atoms with E-state index in [0.29, 0.717) is 18.8 Å². The minimum absolute atomic E-state index is 0.197. The van der Waals surface area contributed by atoms with Crippen LogP contribution in [-0.4, -0.2) is 45.3 Å². The van der Waals surface area contributed by atoms with E-state index in [9.17, 15) is 9.90 Å². The quantitative estimate of drug-likeness (QED) is 0.683. The standard InChI is InChI=1S/C11H18N4O2/c1-2-8-9(12)10(14-13-8)11(17)15-5-3-4-7(16)6-15/h7,16H,2-6,12H2,1H3,(H,13,14)/t7-/m0/s1. The Hall–Kier alpha value is -1.56. The molecule has 17 heavy (non-hydrogen) atoms. The van der Waals surface area contributed by atoms with E-state index in [2.05, 4.69) is 10.2 Å². The summed E-state index contributed by atoms with van der Waals surface area (Å²) in [6, 6.07) is 0. The van der Waals surface area contributed by atoms with Gasteiger partial charge in [0.1, 0.15) is 0 Å². The van der Waals surface area contributed by atoms with E-state index >= 15 is 0 Å². The number of nitrogens with one attached hydrogen (secondary N) is 1. The Bertz CT molecular complexity index is 416. The number of aromatic nitrogens is 2. The van der Waals surface area contributed by atoms with E-state index in [-0.39, 0.29) is 11.6 Å². The number of aromatic amines is 1. The maximum Gasteiger partial charge on any atom is 0.276 e. The molecule has 1 amide bonds. The number of carbonyl (C=O) groups is 1. The Labute approximate surface area is 99.8 Å². The molecule has 4 N–H and O–H groups in total. The summed E-state index contributed by atoms with van der Waals surface area (Å²) in [6.45, 7) is 2.97. The summed E-state index contributed by atoms with van der Waals surface area (Å²) in [4.78, 5) is 13.8. The number of anilines is 1. The highest BCUT2D eigenvalue weighted by atomic mass is 16.3. The molecule has 1 fully saturated rings. The highest BCUT2D eigenvalue weighted by Gasteiger charge is 2.26. The summed E-state index contributed by atoms with van der Waals surface area (Å²) in [7, 11) is 0. The van der Waals surface area contributed by atoms with Crippen molar-refractivity contribution in [3.63, 3.8) is 0 Å². The molecule has 6 nitrogen and oxygen atoms in total. The first-order valence-corrected chi connectivity index (χ1v) is 5.93. The lowest BCUT2D eigenvalue weighted by Crippen LogP contribution is -2.42. The fourth-order valence-electron chi connectivity index (χ4n) is 2.11. The van der Waals surface area contributed by atoms with E-state index in [0.717, 1.165) is 25.0 Å². The molecule has 1 aromatic heterocycles. The summed E-state index contributed by atoms with van der Waals surface area (Å²) >= 11 is 0. The first-order chi connectivity index (χ1) is 8.13. The number of amides is 1. The third-order valence-corrected chi connectivity index (χ3v) is 3.12. The van der Waals surface area contributed by atoms with Gasteiger partial charge >= 0.3 is 0 Å². The van der Waals surface area contributed by atoms with Crippen molar-refractivity contribution < 1.29 is 9.90 Å². The fourth-order valence-corrected chi connectivity index (χ4v) is 2.11. The van der Waals surface area contributed by atoms with Crippen LogP contribution in [0.25, 0.3) is 0 Å². The predicted octanol–water partition coefficient (Wildman–Crippen LogP) is 0.151. The van der Waals surface area contributed by atoms with Gasteiger partial charge < -0.3 is 15.7 Å². The van der Waals surface area contributed by atoms with Crippen molar-refractivity contribution in [2.75, 3.05) is 18.8 Å². The van der Waals surface area contributed by atoms with Crippen molar-refractivity contribution in [2.24, 2.45) is 0 Å². The molecule has 1 aliphatic rings. The molecule has 6 heteroatoms. The molecular formula is C11H18N4O2. The predicted molar refractivity (Wildman–Crippen MR) is 63.5 cm³/mol. The van der Waals surface area contributed by atoms with Crippen molar-refractivity contribution in [1.29, 1.82) is 0 Å². The van der Waals surface area contributed by atoms with Crippen molar-refractivity contribution in [3.05, 3.63) is 11.4 Å². The zero-order valence-corrected chi connectivity index (χ0v) is 9.94. The number of aliphatic hydroxyl groups excluding tert-OH is 1. The number of aliphatic hydroxyl groups is 1. The number of likely N-dealkylation sites (tertiary alicyclic amines) is 1. The normalized spacial score (nSPS) is 20.6. The number of nitrogens with zero attached hydrogens (tertiary/aromatic N) is 2. The van der Waals surface area contributed by atoms with Gasteiger partial charge in [-0.1, -0.05) is 6.92 Å². The fraction of sp³-hybridized carbons (Fsp3) is 0.636. The molecule has 1 saturated heterocycles. The summed E-state index contributed by atoms with van der Waals surface area (Å²) in [5.74, 6) is -0.197. The van der Waals surface area contributed by atoms with Crippen LogP contribution in [0, 0.1) is 0 Å². The van der Waals surface area contributed by atoms with Crippen molar-refractivity contribution in [3.8, 4) is 0 Å². The Balaban J connectivity index is 2.16. The second kappa shape index (κ2) is 4.75. The molecular weight excluding hydrogens is 220 g/mol. The third-order valence-electron chi connectivity index (χ3n) is 3.12. The zero-order chi connectivity index (χ0) is 12.4. The van der Waals surface area contributed by atoms with Gasteiger partial charge in [0.15, 0.2) is 5.69 Å². The minimum Gasteiger partial charge on any atom is -0.395 e. The number of hydrogen-bond acceptors (Lipinski definition) is 4. The van der Waals surface area contributed by atoms with Crippen LogP contribution in [0.1, 0.15) is 35.9 Å². The molecule has 1 aliphatic heterocycles. The molecule has 0 aromatic carbocycles. The largest absolute Gasteiger partial charge is 0.395 e. The number of β-amino-alcohol motifs (C(OH)–C–C–N with tert-alkyl or cyclic N) is 1. The lowest BCUT2D eigenvalue weighted by Gasteiger charge is -2.29.